The number of rotatable bonds is 9. The Morgan fingerprint density at radius 3 is 2.69 bits per heavy atom. The number of aromatic nitrogens is 1. The minimum atomic E-state index is -2.63. The van der Waals surface area contributed by atoms with E-state index in [0.717, 1.165) is 30.0 Å². The van der Waals surface area contributed by atoms with E-state index in [4.69, 9.17) is 21.1 Å². The lowest BCUT2D eigenvalue weighted by Crippen LogP contribution is -2.25. The highest BCUT2D eigenvalue weighted by molar-refractivity contribution is 6.34. The topological polar surface area (TPSA) is 51.7 Å². The van der Waals surface area contributed by atoms with Crippen LogP contribution in [0.5, 0.6) is 11.6 Å². The van der Waals surface area contributed by atoms with Crippen LogP contribution < -0.4 is 14.4 Å². The maximum absolute atomic E-state index is 13.1. The van der Waals surface area contributed by atoms with Crippen LogP contribution in [-0.4, -0.2) is 42.5 Å². The molecule has 2 aromatic rings. The zero-order chi connectivity index (χ0) is 22.9. The second-order valence-electron chi connectivity index (χ2n) is 8.77. The van der Waals surface area contributed by atoms with Crippen molar-refractivity contribution in [3.63, 3.8) is 0 Å². The molecule has 1 saturated carbocycles. The van der Waals surface area contributed by atoms with E-state index in [1.54, 1.807) is 19.2 Å². The van der Waals surface area contributed by atoms with Crippen molar-refractivity contribution in [2.45, 2.75) is 51.1 Å². The number of halogens is 3. The predicted octanol–water partition coefficient (Wildman–Crippen LogP) is 5.51. The van der Waals surface area contributed by atoms with Gasteiger partial charge in [-0.05, 0) is 36.6 Å². The molecule has 0 amide bonds. The largest absolute Gasteiger partial charge is 0.489 e. The van der Waals surface area contributed by atoms with E-state index < -0.39 is 11.8 Å². The third-order valence-corrected chi connectivity index (χ3v) is 6.40. The lowest BCUT2D eigenvalue weighted by molar-refractivity contribution is -0.117. The molecular weight excluding hydrogens is 438 g/mol. The Kier molecular flexibility index (Phi) is 6.56. The molecule has 32 heavy (non-hydrogen) atoms. The molecule has 4 rings (SSSR count). The summed E-state index contributed by atoms with van der Waals surface area (Å²) in [5, 5.41) is 0.334. The number of pyridine rings is 1. The number of ketones is 1. The number of nitrogens with zero attached hydrogens (tertiary/aromatic N) is 2. The number of ether oxygens (including phenoxy) is 2. The fourth-order valence-electron chi connectivity index (χ4n) is 4.05. The zero-order valence-electron chi connectivity index (χ0n) is 18.2. The number of hydrogen-bond donors (Lipinski definition) is 0. The molecule has 1 aromatic heterocycles. The molecule has 172 valence electrons. The number of carbonyl (C=O) groups excluding carboxylic acids is 1. The molecule has 1 aromatic carbocycles. The van der Waals surface area contributed by atoms with Gasteiger partial charge in [0.05, 0.1) is 24.8 Å². The summed E-state index contributed by atoms with van der Waals surface area (Å²) in [5.41, 5.74) is 1.87. The highest BCUT2D eigenvalue weighted by Crippen LogP contribution is 2.49. The second-order valence-corrected chi connectivity index (χ2v) is 9.15. The van der Waals surface area contributed by atoms with Crippen molar-refractivity contribution >= 4 is 23.1 Å². The molecule has 1 aliphatic heterocycles. The molecule has 3 atom stereocenters. The number of hydrogen-bond acceptors (Lipinski definition) is 5. The summed E-state index contributed by atoms with van der Waals surface area (Å²) < 4.78 is 37.8. The van der Waals surface area contributed by atoms with Crippen molar-refractivity contribution in [2.24, 2.45) is 5.92 Å². The van der Waals surface area contributed by atoms with Crippen LogP contribution in [0.1, 0.15) is 44.6 Å². The van der Waals surface area contributed by atoms with Crippen LogP contribution in [0.25, 0.3) is 0 Å². The SMILES string of the molecule is CC(=O)C[C@@H](C)c1ccc(O[C@@H]2CCN(c3ccnc(OCC4CC4(F)F)c3Cl)C2)cc1. The van der Waals surface area contributed by atoms with Gasteiger partial charge < -0.3 is 19.2 Å². The number of alkyl halides is 2. The normalized spacial score (nSPS) is 22.5. The molecule has 0 bridgehead atoms. The van der Waals surface area contributed by atoms with Gasteiger partial charge in [-0.25, -0.2) is 13.8 Å². The molecule has 1 unspecified atom stereocenters. The summed E-state index contributed by atoms with van der Waals surface area (Å²) in [5.74, 6) is -2.06. The third kappa shape index (κ3) is 5.31. The second kappa shape index (κ2) is 9.22. The lowest BCUT2D eigenvalue weighted by atomic mass is 9.96. The van der Waals surface area contributed by atoms with Crippen molar-refractivity contribution in [3.8, 4) is 11.6 Å². The smallest absolute Gasteiger partial charge is 0.255 e. The van der Waals surface area contributed by atoms with Crippen LogP contribution in [0.4, 0.5) is 14.5 Å². The van der Waals surface area contributed by atoms with Gasteiger partial charge in [-0.1, -0.05) is 30.7 Å². The fourth-order valence-corrected chi connectivity index (χ4v) is 4.34. The summed E-state index contributed by atoms with van der Waals surface area (Å²) in [6.07, 6.45) is 2.78. The summed E-state index contributed by atoms with van der Waals surface area (Å²) in [4.78, 5) is 17.5. The molecule has 0 spiro atoms. The Labute approximate surface area is 191 Å². The van der Waals surface area contributed by atoms with Gasteiger partial charge in [-0.3, -0.25) is 0 Å². The van der Waals surface area contributed by atoms with Gasteiger partial charge in [0, 0.05) is 32.0 Å². The summed E-state index contributed by atoms with van der Waals surface area (Å²) in [6.45, 7) is 4.96. The first-order valence-electron chi connectivity index (χ1n) is 10.9. The van der Waals surface area contributed by atoms with Gasteiger partial charge in [0.15, 0.2) is 0 Å². The Hall–Kier alpha value is -2.41. The maximum atomic E-state index is 13.1. The molecular formula is C24H27ClF2N2O3. The van der Waals surface area contributed by atoms with Crippen molar-refractivity contribution in [2.75, 3.05) is 24.6 Å². The Balaban J connectivity index is 1.33. The van der Waals surface area contributed by atoms with E-state index in [1.807, 2.05) is 31.2 Å². The average molecular weight is 465 g/mol. The van der Waals surface area contributed by atoms with Crippen molar-refractivity contribution in [1.29, 1.82) is 0 Å². The Bertz CT molecular complexity index is 970. The van der Waals surface area contributed by atoms with E-state index in [0.29, 0.717) is 18.0 Å². The van der Waals surface area contributed by atoms with Gasteiger partial charge in [-0.15, -0.1) is 0 Å². The van der Waals surface area contributed by atoms with E-state index >= 15 is 0 Å². The van der Waals surface area contributed by atoms with Crippen LogP contribution in [0.2, 0.25) is 5.02 Å². The first-order valence-corrected chi connectivity index (χ1v) is 11.3. The number of anilines is 1. The van der Waals surface area contributed by atoms with Gasteiger partial charge in [0.1, 0.15) is 22.7 Å². The highest BCUT2D eigenvalue weighted by atomic mass is 35.5. The maximum Gasteiger partial charge on any atom is 0.255 e. The van der Waals surface area contributed by atoms with Crippen molar-refractivity contribution < 1.29 is 23.0 Å². The zero-order valence-corrected chi connectivity index (χ0v) is 18.9. The van der Waals surface area contributed by atoms with Crippen LogP contribution in [-0.2, 0) is 4.79 Å². The average Bonchev–Trinajstić information content (AvgIpc) is 3.12. The molecule has 5 nitrogen and oxygen atoms in total. The first-order chi connectivity index (χ1) is 15.2. The number of carbonyl (C=O) groups is 1. The van der Waals surface area contributed by atoms with Crippen LogP contribution in [0.15, 0.2) is 36.5 Å². The van der Waals surface area contributed by atoms with Gasteiger partial charge in [0.2, 0.25) is 5.88 Å². The molecule has 0 radical (unpaired) electrons. The quantitative estimate of drug-likeness (QED) is 0.490. The fraction of sp³-hybridized carbons (Fsp3) is 0.500. The summed E-state index contributed by atoms with van der Waals surface area (Å²) in [7, 11) is 0. The predicted molar refractivity (Wildman–Crippen MR) is 119 cm³/mol. The van der Waals surface area contributed by atoms with E-state index in [2.05, 4.69) is 9.88 Å². The summed E-state index contributed by atoms with van der Waals surface area (Å²) in [6, 6.07) is 9.68. The Morgan fingerprint density at radius 1 is 1.31 bits per heavy atom. The highest BCUT2D eigenvalue weighted by Gasteiger charge is 2.57. The molecule has 2 heterocycles. The number of Topliss-reactive ketones (excluding diaryl/α,β-unsaturated/α-hetero) is 1. The molecule has 1 saturated heterocycles. The van der Waals surface area contributed by atoms with Gasteiger partial charge in [0.25, 0.3) is 5.92 Å². The third-order valence-electron chi connectivity index (χ3n) is 6.05. The molecule has 2 aliphatic rings. The molecule has 8 heteroatoms. The van der Waals surface area contributed by atoms with E-state index in [1.165, 1.54) is 0 Å². The summed E-state index contributed by atoms with van der Waals surface area (Å²) >= 11 is 6.47. The van der Waals surface area contributed by atoms with Crippen molar-refractivity contribution in [1.82, 2.24) is 4.98 Å². The minimum absolute atomic E-state index is 0.00532. The van der Waals surface area contributed by atoms with Gasteiger partial charge >= 0.3 is 0 Å². The van der Waals surface area contributed by atoms with Gasteiger partial charge in [-0.2, -0.15) is 0 Å². The standard InChI is InChI=1S/C24H27ClF2N2O3/c1-15(11-16(2)30)17-3-5-19(6-4-17)32-20-8-10-29(13-20)21-7-9-28-23(22(21)25)31-14-18-12-24(18,26)27/h3-7,9,15,18,20H,8,10-14H2,1-2H3/t15-,18?,20-/m1/s1. The number of benzene rings is 1. The van der Waals surface area contributed by atoms with Crippen molar-refractivity contribution in [3.05, 3.63) is 47.1 Å². The van der Waals surface area contributed by atoms with Crippen LogP contribution in [0, 0.1) is 5.92 Å². The van der Waals surface area contributed by atoms with Crippen LogP contribution in [0.3, 0.4) is 0 Å². The van der Waals surface area contributed by atoms with E-state index in [-0.39, 0.29) is 36.7 Å². The first kappa shape index (κ1) is 22.8. The molecule has 2 fully saturated rings. The monoisotopic (exact) mass is 464 g/mol. The van der Waals surface area contributed by atoms with E-state index in [9.17, 15) is 13.6 Å². The Morgan fingerprint density at radius 2 is 2.03 bits per heavy atom. The lowest BCUT2D eigenvalue weighted by Gasteiger charge is -2.21. The minimum Gasteiger partial charge on any atom is -0.489 e. The molecule has 1 aliphatic carbocycles. The van der Waals surface area contributed by atoms with Crippen LogP contribution >= 0.6 is 11.6 Å². The molecule has 0 N–H and O–H groups in total.